The molecular formula is C15H24BClN2O3. The van der Waals surface area contributed by atoms with Crippen LogP contribution in [0.5, 0.6) is 5.75 Å². The van der Waals surface area contributed by atoms with Crippen molar-refractivity contribution in [3.8, 4) is 5.75 Å². The number of rotatable bonds is 7. The van der Waals surface area contributed by atoms with Crippen molar-refractivity contribution in [2.24, 2.45) is 0 Å². The van der Waals surface area contributed by atoms with Gasteiger partial charge in [0.25, 0.3) is 0 Å². The van der Waals surface area contributed by atoms with Gasteiger partial charge in [0.05, 0.1) is 11.6 Å². The lowest BCUT2D eigenvalue weighted by Gasteiger charge is -2.33. The number of likely N-dealkylation sites (N-methyl/N-ethyl adjacent to an activating group) is 1. The molecule has 0 saturated carbocycles. The molecule has 7 heteroatoms. The van der Waals surface area contributed by atoms with Crippen LogP contribution in [0.15, 0.2) is 18.2 Å². The lowest BCUT2D eigenvalue weighted by Crippen LogP contribution is -2.46. The molecule has 1 heterocycles. The molecule has 1 aromatic carbocycles. The maximum Gasteiger partial charge on any atom is 0.488 e. The van der Waals surface area contributed by atoms with E-state index in [9.17, 15) is 0 Å². The second-order valence-electron chi connectivity index (χ2n) is 5.54. The van der Waals surface area contributed by atoms with Gasteiger partial charge in [-0.25, -0.2) is 0 Å². The zero-order valence-electron chi connectivity index (χ0n) is 13.0. The number of benzene rings is 1. The van der Waals surface area contributed by atoms with Gasteiger partial charge in [-0.2, -0.15) is 0 Å². The zero-order valence-corrected chi connectivity index (χ0v) is 13.8. The molecule has 1 saturated heterocycles. The Kier molecular flexibility index (Phi) is 6.98. The van der Waals surface area contributed by atoms with Gasteiger partial charge in [-0.05, 0) is 30.6 Å². The Hall–Kier alpha value is -0.785. The van der Waals surface area contributed by atoms with Gasteiger partial charge >= 0.3 is 7.12 Å². The molecule has 0 atom stereocenters. The number of hydrogen-bond donors (Lipinski definition) is 2. The van der Waals surface area contributed by atoms with Crippen LogP contribution >= 0.6 is 11.6 Å². The summed E-state index contributed by atoms with van der Waals surface area (Å²) in [6.45, 7) is 9.51. The average Bonchev–Trinajstić information content (AvgIpc) is 2.53. The number of halogens is 1. The summed E-state index contributed by atoms with van der Waals surface area (Å²) in [4.78, 5) is 4.92. The predicted molar refractivity (Wildman–Crippen MR) is 89.9 cm³/mol. The molecule has 0 bridgehead atoms. The van der Waals surface area contributed by atoms with Crippen molar-refractivity contribution in [3.63, 3.8) is 0 Å². The summed E-state index contributed by atoms with van der Waals surface area (Å²) in [6, 6.07) is 4.80. The monoisotopic (exact) mass is 326 g/mol. The third-order valence-corrected chi connectivity index (χ3v) is 4.34. The predicted octanol–water partition coefficient (Wildman–Crippen LogP) is 0.426. The van der Waals surface area contributed by atoms with E-state index in [0.29, 0.717) is 22.8 Å². The van der Waals surface area contributed by atoms with Gasteiger partial charge in [-0.15, -0.1) is 0 Å². The first-order valence-electron chi connectivity index (χ1n) is 7.83. The van der Waals surface area contributed by atoms with Crippen molar-refractivity contribution in [1.82, 2.24) is 9.80 Å². The molecule has 122 valence electrons. The Balaban J connectivity index is 1.69. The van der Waals surface area contributed by atoms with E-state index in [4.69, 9.17) is 26.4 Å². The molecule has 5 nitrogen and oxygen atoms in total. The van der Waals surface area contributed by atoms with Gasteiger partial charge in [0, 0.05) is 32.7 Å². The number of hydrogen-bond acceptors (Lipinski definition) is 5. The minimum absolute atomic E-state index is 0.367. The van der Waals surface area contributed by atoms with Gasteiger partial charge in [0.15, 0.2) is 0 Å². The number of piperazine rings is 1. The minimum Gasteiger partial charge on any atom is -0.492 e. The largest absolute Gasteiger partial charge is 0.492 e. The van der Waals surface area contributed by atoms with E-state index < -0.39 is 7.12 Å². The molecule has 1 aliphatic rings. The van der Waals surface area contributed by atoms with Crippen molar-refractivity contribution in [3.05, 3.63) is 23.2 Å². The van der Waals surface area contributed by atoms with E-state index in [0.717, 1.165) is 45.7 Å². The summed E-state index contributed by atoms with van der Waals surface area (Å²) in [5, 5.41) is 18.6. The van der Waals surface area contributed by atoms with E-state index in [-0.39, 0.29) is 0 Å². The topological polar surface area (TPSA) is 56.2 Å². The summed E-state index contributed by atoms with van der Waals surface area (Å²) in [5.41, 5.74) is 0.367. The van der Waals surface area contributed by atoms with Crippen LogP contribution in [0.4, 0.5) is 0 Å². The lowest BCUT2D eigenvalue weighted by molar-refractivity contribution is 0.130. The lowest BCUT2D eigenvalue weighted by atomic mass is 9.80. The van der Waals surface area contributed by atoms with Gasteiger partial charge in [0.1, 0.15) is 5.75 Å². The standard InChI is InChI=1S/C15H24BClN2O3/c1-2-18-7-9-19(10-8-18)6-3-11-22-15-5-4-13(16(20)21)12-14(15)17/h4-5,12,20-21H,2-3,6-11H2,1H3. The summed E-state index contributed by atoms with van der Waals surface area (Å²) in [7, 11) is -1.51. The van der Waals surface area contributed by atoms with Crippen LogP contribution in [0, 0.1) is 0 Å². The molecule has 0 amide bonds. The molecular weight excluding hydrogens is 302 g/mol. The molecule has 1 aromatic rings. The van der Waals surface area contributed by atoms with E-state index in [1.54, 1.807) is 12.1 Å². The van der Waals surface area contributed by atoms with E-state index in [1.165, 1.54) is 6.07 Å². The molecule has 0 aromatic heterocycles. The Morgan fingerprint density at radius 2 is 1.86 bits per heavy atom. The molecule has 2 rings (SSSR count). The molecule has 1 fully saturated rings. The fraction of sp³-hybridized carbons (Fsp3) is 0.600. The highest BCUT2D eigenvalue weighted by atomic mass is 35.5. The Labute approximate surface area is 137 Å². The van der Waals surface area contributed by atoms with Gasteiger partial charge in [-0.3, -0.25) is 0 Å². The third-order valence-electron chi connectivity index (χ3n) is 4.04. The quantitative estimate of drug-likeness (QED) is 0.562. The molecule has 1 aliphatic heterocycles. The fourth-order valence-electron chi connectivity index (χ4n) is 2.59. The van der Waals surface area contributed by atoms with Crippen LogP contribution in [0.25, 0.3) is 0 Å². The smallest absolute Gasteiger partial charge is 0.488 e. The summed E-state index contributed by atoms with van der Waals surface area (Å²) in [6.07, 6.45) is 0.951. The van der Waals surface area contributed by atoms with Crippen LogP contribution < -0.4 is 10.2 Å². The Bertz CT molecular complexity index is 468. The van der Waals surface area contributed by atoms with E-state index in [2.05, 4.69) is 16.7 Å². The van der Waals surface area contributed by atoms with Crippen LogP contribution in [-0.2, 0) is 0 Å². The van der Waals surface area contributed by atoms with Crippen LogP contribution in [0.1, 0.15) is 13.3 Å². The average molecular weight is 327 g/mol. The van der Waals surface area contributed by atoms with Crippen molar-refractivity contribution in [1.29, 1.82) is 0 Å². The Morgan fingerprint density at radius 3 is 2.45 bits per heavy atom. The van der Waals surface area contributed by atoms with Gasteiger partial charge < -0.3 is 24.6 Å². The highest BCUT2D eigenvalue weighted by Crippen LogP contribution is 2.22. The molecule has 0 unspecified atom stereocenters. The van der Waals surface area contributed by atoms with Gasteiger partial charge in [-0.1, -0.05) is 24.6 Å². The summed E-state index contributed by atoms with van der Waals surface area (Å²) in [5.74, 6) is 0.585. The molecule has 22 heavy (non-hydrogen) atoms. The first-order chi connectivity index (χ1) is 10.6. The highest BCUT2D eigenvalue weighted by Gasteiger charge is 2.15. The van der Waals surface area contributed by atoms with Crippen molar-refractivity contribution in [2.75, 3.05) is 45.9 Å². The normalized spacial score (nSPS) is 16.7. The summed E-state index contributed by atoms with van der Waals surface area (Å²) >= 11 is 6.07. The fourth-order valence-corrected chi connectivity index (χ4v) is 2.84. The molecule has 0 aliphatic carbocycles. The highest BCUT2D eigenvalue weighted by molar-refractivity contribution is 6.59. The van der Waals surface area contributed by atoms with Gasteiger partial charge in [0.2, 0.25) is 0 Å². The van der Waals surface area contributed by atoms with Crippen LogP contribution in [-0.4, -0.2) is 72.8 Å². The first-order valence-corrected chi connectivity index (χ1v) is 8.21. The third kappa shape index (κ3) is 5.14. The van der Waals surface area contributed by atoms with Crippen LogP contribution in [0.3, 0.4) is 0 Å². The maximum absolute atomic E-state index is 9.08. The molecule has 2 N–H and O–H groups in total. The minimum atomic E-state index is -1.51. The Morgan fingerprint density at radius 1 is 1.18 bits per heavy atom. The number of ether oxygens (including phenoxy) is 1. The zero-order chi connectivity index (χ0) is 15.9. The second kappa shape index (κ2) is 8.74. The van der Waals surface area contributed by atoms with Crippen molar-refractivity contribution in [2.45, 2.75) is 13.3 Å². The van der Waals surface area contributed by atoms with E-state index in [1.807, 2.05) is 0 Å². The number of nitrogens with zero attached hydrogens (tertiary/aromatic N) is 2. The second-order valence-corrected chi connectivity index (χ2v) is 5.95. The maximum atomic E-state index is 9.08. The van der Waals surface area contributed by atoms with Crippen molar-refractivity contribution >= 4 is 24.2 Å². The van der Waals surface area contributed by atoms with Crippen LogP contribution in [0.2, 0.25) is 5.02 Å². The first kappa shape index (κ1) is 17.6. The molecule has 0 radical (unpaired) electrons. The SMILES string of the molecule is CCN1CCN(CCCOc2ccc(B(O)O)cc2Cl)CC1. The molecule has 0 spiro atoms. The van der Waals surface area contributed by atoms with Crippen molar-refractivity contribution < 1.29 is 14.8 Å². The van der Waals surface area contributed by atoms with E-state index >= 15 is 0 Å². The summed E-state index contributed by atoms with van der Waals surface area (Å²) < 4.78 is 5.67.